The number of aliphatic imine (C=N–C) groups is 1. The molecule has 0 N–H and O–H groups in total. The van der Waals surface area contributed by atoms with Crippen LogP contribution in [0.25, 0.3) is 6.08 Å². The van der Waals surface area contributed by atoms with E-state index in [2.05, 4.69) is 25.8 Å². The highest BCUT2D eigenvalue weighted by atomic mass is 32.2. The van der Waals surface area contributed by atoms with Gasteiger partial charge in [-0.25, -0.2) is 9.79 Å². The minimum atomic E-state index is -4.05. The van der Waals surface area contributed by atoms with E-state index in [4.69, 9.17) is 13.7 Å². The van der Waals surface area contributed by atoms with Crippen LogP contribution in [0, 0.1) is 6.92 Å². The van der Waals surface area contributed by atoms with Crippen molar-refractivity contribution in [1.82, 2.24) is 0 Å². The van der Waals surface area contributed by atoms with Crippen molar-refractivity contribution in [3.63, 3.8) is 0 Å². The van der Waals surface area contributed by atoms with Crippen LogP contribution >= 0.6 is 0 Å². The first kappa shape index (κ1) is 25.2. The number of nitrogens with zero attached hydrogens (tertiary/aromatic N) is 1. The van der Waals surface area contributed by atoms with E-state index in [1.165, 1.54) is 25.3 Å². The standard InChI is InChI=1S/C28H27NO6S/c1-18-6-13-22(14-7-18)36(31,32)35-24-15-8-19(17-25(24)33-5)16-23-27(30)34-26(29-23)20-9-11-21(12-10-20)28(2,3)4/h6-17H,1-5H3/b23-16+. The Balaban J connectivity index is 1.58. The zero-order chi connectivity index (χ0) is 26.1. The first-order valence-electron chi connectivity index (χ1n) is 11.3. The molecule has 1 aliphatic rings. The topological polar surface area (TPSA) is 91.3 Å². The van der Waals surface area contributed by atoms with E-state index in [0.717, 1.165) is 11.1 Å². The van der Waals surface area contributed by atoms with Crippen molar-refractivity contribution in [2.75, 3.05) is 7.11 Å². The van der Waals surface area contributed by atoms with Gasteiger partial charge in [0.05, 0.1) is 7.11 Å². The summed E-state index contributed by atoms with van der Waals surface area (Å²) in [5.74, 6) is -0.139. The largest absolute Gasteiger partial charge is 0.493 e. The maximum Gasteiger partial charge on any atom is 0.363 e. The van der Waals surface area contributed by atoms with Gasteiger partial charge in [-0.1, -0.05) is 56.7 Å². The van der Waals surface area contributed by atoms with Crippen LogP contribution in [0.3, 0.4) is 0 Å². The predicted octanol–water partition coefficient (Wildman–Crippen LogP) is 5.41. The highest BCUT2D eigenvalue weighted by Gasteiger charge is 2.25. The fourth-order valence-corrected chi connectivity index (χ4v) is 4.46. The second kappa shape index (κ2) is 9.62. The van der Waals surface area contributed by atoms with E-state index >= 15 is 0 Å². The average molecular weight is 506 g/mol. The number of carbonyl (C=O) groups excluding carboxylic acids is 1. The number of hydrogen-bond donors (Lipinski definition) is 0. The fourth-order valence-electron chi connectivity index (χ4n) is 3.52. The molecule has 3 aromatic carbocycles. The maximum absolute atomic E-state index is 12.7. The van der Waals surface area contributed by atoms with Crippen LogP contribution in [0.4, 0.5) is 0 Å². The molecule has 4 rings (SSSR count). The lowest BCUT2D eigenvalue weighted by molar-refractivity contribution is -0.129. The highest BCUT2D eigenvalue weighted by Crippen LogP contribution is 2.32. The third kappa shape index (κ3) is 5.49. The van der Waals surface area contributed by atoms with Crippen LogP contribution in [0.1, 0.15) is 43.0 Å². The molecule has 0 fully saturated rings. The summed E-state index contributed by atoms with van der Waals surface area (Å²) in [6, 6.07) is 18.7. The van der Waals surface area contributed by atoms with Gasteiger partial charge >= 0.3 is 16.1 Å². The van der Waals surface area contributed by atoms with Gasteiger partial charge in [0.25, 0.3) is 0 Å². The molecule has 0 radical (unpaired) electrons. The Morgan fingerprint density at radius 2 is 1.58 bits per heavy atom. The van der Waals surface area contributed by atoms with E-state index in [9.17, 15) is 13.2 Å². The van der Waals surface area contributed by atoms with Crippen molar-refractivity contribution in [3.05, 3.63) is 94.7 Å². The molecule has 0 saturated carbocycles. The highest BCUT2D eigenvalue weighted by molar-refractivity contribution is 7.87. The molecule has 0 atom stereocenters. The summed E-state index contributed by atoms with van der Waals surface area (Å²) in [6.45, 7) is 8.23. The van der Waals surface area contributed by atoms with E-state index in [-0.39, 0.29) is 33.4 Å². The fraction of sp³-hybridized carbons (Fsp3) is 0.214. The van der Waals surface area contributed by atoms with E-state index in [0.29, 0.717) is 11.1 Å². The van der Waals surface area contributed by atoms with Crippen molar-refractivity contribution in [2.24, 2.45) is 4.99 Å². The summed E-state index contributed by atoms with van der Waals surface area (Å²) in [6.07, 6.45) is 1.54. The van der Waals surface area contributed by atoms with E-state index < -0.39 is 16.1 Å². The quantitative estimate of drug-likeness (QED) is 0.253. The van der Waals surface area contributed by atoms with Crippen LogP contribution in [-0.2, 0) is 25.1 Å². The number of aryl methyl sites for hydroxylation is 1. The van der Waals surface area contributed by atoms with Gasteiger partial charge in [0.15, 0.2) is 17.2 Å². The lowest BCUT2D eigenvalue weighted by Gasteiger charge is -2.18. The number of methoxy groups -OCH3 is 1. The summed E-state index contributed by atoms with van der Waals surface area (Å²) < 4.78 is 41.3. The number of cyclic esters (lactones) is 1. The van der Waals surface area contributed by atoms with Crippen LogP contribution in [0.15, 0.2) is 82.3 Å². The third-order valence-electron chi connectivity index (χ3n) is 5.62. The molecule has 0 aromatic heterocycles. The van der Waals surface area contributed by atoms with Crippen LogP contribution < -0.4 is 8.92 Å². The number of benzene rings is 3. The second-order valence-corrected chi connectivity index (χ2v) is 11.0. The van der Waals surface area contributed by atoms with Crippen molar-refractivity contribution in [3.8, 4) is 11.5 Å². The van der Waals surface area contributed by atoms with Crippen LogP contribution in [-0.4, -0.2) is 27.4 Å². The molecule has 0 spiro atoms. The number of ether oxygens (including phenoxy) is 2. The normalized spacial score (nSPS) is 15.0. The number of esters is 1. The molecule has 0 bridgehead atoms. The van der Waals surface area contributed by atoms with Gasteiger partial charge in [0.2, 0.25) is 5.90 Å². The molecule has 0 amide bonds. The third-order valence-corrected chi connectivity index (χ3v) is 6.87. The van der Waals surface area contributed by atoms with Crippen molar-refractivity contribution in [1.29, 1.82) is 0 Å². The molecule has 3 aromatic rings. The summed E-state index contributed by atoms with van der Waals surface area (Å²) >= 11 is 0. The van der Waals surface area contributed by atoms with E-state index in [1.807, 2.05) is 31.2 Å². The Hall–Kier alpha value is -3.91. The second-order valence-electron chi connectivity index (χ2n) is 9.42. The minimum absolute atomic E-state index is 0.00611. The first-order chi connectivity index (χ1) is 17.0. The molecule has 8 heteroatoms. The molecule has 0 saturated heterocycles. The Bertz CT molecular complexity index is 1460. The van der Waals surface area contributed by atoms with Gasteiger partial charge in [-0.3, -0.25) is 0 Å². The van der Waals surface area contributed by atoms with Crippen LogP contribution in [0.5, 0.6) is 11.5 Å². The maximum atomic E-state index is 12.7. The predicted molar refractivity (Wildman–Crippen MR) is 138 cm³/mol. The van der Waals surface area contributed by atoms with Crippen LogP contribution in [0.2, 0.25) is 0 Å². The SMILES string of the molecule is COc1cc(/C=C2/N=C(c3ccc(C(C)(C)C)cc3)OC2=O)ccc1OS(=O)(=O)c1ccc(C)cc1. The summed E-state index contributed by atoms with van der Waals surface area (Å²) in [4.78, 5) is 16.8. The van der Waals surface area contributed by atoms with Gasteiger partial charge in [0.1, 0.15) is 4.90 Å². The number of rotatable bonds is 6. The molecule has 1 heterocycles. The molecular weight excluding hydrogens is 478 g/mol. The average Bonchev–Trinajstić information content (AvgIpc) is 3.19. The zero-order valence-electron chi connectivity index (χ0n) is 20.7. The van der Waals surface area contributed by atoms with Gasteiger partial charge in [-0.05, 0) is 65.9 Å². The molecular formula is C28H27NO6S. The molecule has 0 aliphatic carbocycles. The van der Waals surface area contributed by atoms with Gasteiger partial charge in [-0.2, -0.15) is 8.42 Å². The van der Waals surface area contributed by atoms with Crippen molar-refractivity contribution in [2.45, 2.75) is 38.0 Å². The monoisotopic (exact) mass is 505 g/mol. The van der Waals surface area contributed by atoms with Gasteiger partial charge < -0.3 is 13.7 Å². The smallest absolute Gasteiger partial charge is 0.363 e. The van der Waals surface area contributed by atoms with Crippen molar-refractivity contribution >= 4 is 28.1 Å². The molecule has 1 aliphatic heterocycles. The Morgan fingerprint density at radius 1 is 0.917 bits per heavy atom. The molecule has 186 valence electrons. The Morgan fingerprint density at radius 3 is 2.19 bits per heavy atom. The Labute approximate surface area is 211 Å². The van der Waals surface area contributed by atoms with Gasteiger partial charge in [-0.15, -0.1) is 0 Å². The summed E-state index contributed by atoms with van der Waals surface area (Å²) in [5, 5.41) is 0. The lowest BCUT2D eigenvalue weighted by atomic mass is 9.87. The molecule has 36 heavy (non-hydrogen) atoms. The van der Waals surface area contributed by atoms with Crippen molar-refractivity contribution < 1.29 is 26.9 Å². The minimum Gasteiger partial charge on any atom is -0.493 e. The molecule has 7 nitrogen and oxygen atoms in total. The first-order valence-corrected chi connectivity index (χ1v) is 12.7. The zero-order valence-corrected chi connectivity index (χ0v) is 21.5. The van der Waals surface area contributed by atoms with E-state index in [1.54, 1.807) is 30.3 Å². The van der Waals surface area contributed by atoms with Gasteiger partial charge in [0, 0.05) is 5.56 Å². The number of hydrogen-bond acceptors (Lipinski definition) is 7. The Kier molecular flexibility index (Phi) is 6.73. The summed E-state index contributed by atoms with van der Waals surface area (Å²) in [5.41, 5.74) is 3.47. The molecule has 0 unspecified atom stereocenters. The lowest BCUT2D eigenvalue weighted by Crippen LogP contribution is -2.11. The number of carbonyl (C=O) groups is 1. The summed E-state index contributed by atoms with van der Waals surface area (Å²) in [7, 11) is -2.65.